The number of carboxylic acid groups (broad SMARTS) is 1. The number of hydrogen-bond acceptors (Lipinski definition) is 2. The molecule has 1 aliphatic carbocycles. The van der Waals surface area contributed by atoms with Crippen LogP contribution >= 0.6 is 0 Å². The summed E-state index contributed by atoms with van der Waals surface area (Å²) in [4.78, 5) is 13.6. The molecule has 0 saturated heterocycles. The third-order valence-corrected chi connectivity index (χ3v) is 3.48. The lowest BCUT2D eigenvalue weighted by Gasteiger charge is -2.22. The molecule has 1 aromatic carbocycles. The molecule has 3 nitrogen and oxygen atoms in total. The van der Waals surface area contributed by atoms with Gasteiger partial charge in [0, 0.05) is 12.6 Å². The molecule has 1 fully saturated rings. The molecule has 0 aliphatic heterocycles. The Morgan fingerprint density at radius 3 is 2.72 bits per heavy atom. The number of aromatic carboxylic acids is 1. The average molecular weight is 247 g/mol. The van der Waals surface area contributed by atoms with Crippen LogP contribution in [0.5, 0.6) is 0 Å². The summed E-state index contributed by atoms with van der Waals surface area (Å²) in [5.41, 5.74) is 1.38. The first kappa shape index (κ1) is 13.1. The van der Waals surface area contributed by atoms with Crippen LogP contribution in [0.15, 0.2) is 24.3 Å². The van der Waals surface area contributed by atoms with Gasteiger partial charge in [0.15, 0.2) is 0 Å². The van der Waals surface area contributed by atoms with Crippen LogP contribution in [0.4, 0.5) is 0 Å². The standard InChI is InChI=1S/C15H21NO2/c1-2-3-10-16(13-8-9-13)11-12-6-4-5-7-14(12)15(17)18/h4-7,13H,2-3,8-11H2,1H3,(H,17,18). The maximum absolute atomic E-state index is 11.2. The van der Waals surface area contributed by atoms with E-state index in [0.29, 0.717) is 11.6 Å². The third kappa shape index (κ3) is 3.33. The van der Waals surface area contributed by atoms with Gasteiger partial charge in [0.25, 0.3) is 0 Å². The van der Waals surface area contributed by atoms with Gasteiger partial charge in [-0.3, -0.25) is 4.90 Å². The molecule has 1 aromatic rings. The van der Waals surface area contributed by atoms with Crippen molar-refractivity contribution in [3.8, 4) is 0 Å². The summed E-state index contributed by atoms with van der Waals surface area (Å²) in [5, 5.41) is 9.19. The molecule has 0 radical (unpaired) electrons. The summed E-state index contributed by atoms with van der Waals surface area (Å²) in [7, 11) is 0. The van der Waals surface area contributed by atoms with E-state index in [1.807, 2.05) is 12.1 Å². The smallest absolute Gasteiger partial charge is 0.336 e. The number of nitrogens with zero attached hydrogens (tertiary/aromatic N) is 1. The SMILES string of the molecule is CCCCN(Cc1ccccc1C(=O)O)C1CC1. The van der Waals surface area contributed by atoms with Crippen molar-refractivity contribution in [2.75, 3.05) is 6.54 Å². The maximum atomic E-state index is 11.2. The van der Waals surface area contributed by atoms with E-state index >= 15 is 0 Å². The van der Waals surface area contributed by atoms with E-state index in [1.165, 1.54) is 25.7 Å². The fourth-order valence-corrected chi connectivity index (χ4v) is 2.28. The molecule has 2 rings (SSSR count). The Kier molecular flexibility index (Phi) is 4.37. The number of carboxylic acids is 1. The Morgan fingerprint density at radius 1 is 1.39 bits per heavy atom. The van der Waals surface area contributed by atoms with Crippen LogP contribution < -0.4 is 0 Å². The molecule has 18 heavy (non-hydrogen) atoms. The Hall–Kier alpha value is -1.35. The molecular formula is C15H21NO2. The highest BCUT2D eigenvalue weighted by molar-refractivity contribution is 5.89. The van der Waals surface area contributed by atoms with Crippen LogP contribution in [0.25, 0.3) is 0 Å². The summed E-state index contributed by atoms with van der Waals surface area (Å²) in [6.07, 6.45) is 4.90. The highest BCUT2D eigenvalue weighted by Gasteiger charge is 2.29. The third-order valence-electron chi connectivity index (χ3n) is 3.48. The second-order valence-corrected chi connectivity index (χ2v) is 5.02. The number of unbranched alkanes of at least 4 members (excludes halogenated alkanes) is 1. The first-order valence-corrected chi connectivity index (χ1v) is 6.77. The predicted molar refractivity (Wildman–Crippen MR) is 71.7 cm³/mol. The van der Waals surface area contributed by atoms with Crippen molar-refractivity contribution in [1.29, 1.82) is 0 Å². The van der Waals surface area contributed by atoms with Gasteiger partial charge in [0.2, 0.25) is 0 Å². The van der Waals surface area contributed by atoms with E-state index in [-0.39, 0.29) is 0 Å². The quantitative estimate of drug-likeness (QED) is 0.804. The molecule has 1 saturated carbocycles. The second kappa shape index (κ2) is 6.01. The minimum Gasteiger partial charge on any atom is -0.478 e. The molecule has 1 N–H and O–H groups in total. The van der Waals surface area contributed by atoms with Gasteiger partial charge in [-0.25, -0.2) is 4.79 Å². The zero-order valence-corrected chi connectivity index (χ0v) is 10.9. The number of benzene rings is 1. The fourth-order valence-electron chi connectivity index (χ4n) is 2.28. The summed E-state index contributed by atoms with van der Waals surface area (Å²) in [6, 6.07) is 8.03. The van der Waals surface area contributed by atoms with E-state index in [1.54, 1.807) is 12.1 Å². The molecule has 0 amide bonds. The van der Waals surface area contributed by atoms with E-state index in [0.717, 1.165) is 18.7 Å². The van der Waals surface area contributed by atoms with E-state index in [4.69, 9.17) is 0 Å². The van der Waals surface area contributed by atoms with Crippen molar-refractivity contribution in [2.24, 2.45) is 0 Å². The highest BCUT2D eigenvalue weighted by atomic mass is 16.4. The van der Waals surface area contributed by atoms with Gasteiger partial charge in [-0.1, -0.05) is 31.5 Å². The second-order valence-electron chi connectivity index (χ2n) is 5.02. The zero-order chi connectivity index (χ0) is 13.0. The van der Waals surface area contributed by atoms with Crippen LogP contribution in [-0.2, 0) is 6.54 Å². The van der Waals surface area contributed by atoms with Gasteiger partial charge in [-0.15, -0.1) is 0 Å². The summed E-state index contributed by atoms with van der Waals surface area (Å²) < 4.78 is 0. The molecular weight excluding hydrogens is 226 g/mol. The van der Waals surface area contributed by atoms with Crippen LogP contribution in [0.1, 0.15) is 48.5 Å². The van der Waals surface area contributed by atoms with Crippen molar-refractivity contribution in [3.05, 3.63) is 35.4 Å². The van der Waals surface area contributed by atoms with Gasteiger partial charge >= 0.3 is 5.97 Å². The minimum atomic E-state index is -0.822. The Morgan fingerprint density at radius 2 is 2.11 bits per heavy atom. The monoisotopic (exact) mass is 247 g/mol. The predicted octanol–water partition coefficient (Wildman–Crippen LogP) is 3.15. The van der Waals surface area contributed by atoms with Gasteiger partial charge in [0.1, 0.15) is 0 Å². The maximum Gasteiger partial charge on any atom is 0.336 e. The van der Waals surface area contributed by atoms with E-state index < -0.39 is 5.97 Å². The Balaban J connectivity index is 2.08. The Labute approximate surface area is 108 Å². The molecule has 0 heterocycles. The van der Waals surface area contributed by atoms with Crippen molar-refractivity contribution < 1.29 is 9.90 Å². The first-order chi connectivity index (χ1) is 8.72. The summed E-state index contributed by atoms with van der Waals surface area (Å²) in [5.74, 6) is -0.822. The number of hydrogen-bond donors (Lipinski definition) is 1. The minimum absolute atomic E-state index is 0.444. The Bertz CT molecular complexity index is 413. The van der Waals surface area contributed by atoms with Crippen molar-refractivity contribution in [1.82, 2.24) is 4.90 Å². The largest absolute Gasteiger partial charge is 0.478 e. The van der Waals surface area contributed by atoms with Crippen LogP contribution in [0.2, 0.25) is 0 Å². The lowest BCUT2D eigenvalue weighted by Crippen LogP contribution is -2.27. The molecule has 1 aliphatic rings. The van der Waals surface area contributed by atoms with E-state index in [2.05, 4.69) is 11.8 Å². The molecule has 0 bridgehead atoms. The summed E-state index contributed by atoms with van der Waals surface area (Å²) >= 11 is 0. The topological polar surface area (TPSA) is 40.5 Å². The number of carbonyl (C=O) groups is 1. The van der Waals surface area contributed by atoms with Crippen molar-refractivity contribution in [2.45, 2.75) is 45.2 Å². The summed E-state index contributed by atoms with van der Waals surface area (Å²) in [6.45, 7) is 4.04. The number of rotatable bonds is 7. The first-order valence-electron chi connectivity index (χ1n) is 6.77. The average Bonchev–Trinajstić information content (AvgIpc) is 3.19. The lowest BCUT2D eigenvalue weighted by atomic mass is 10.1. The van der Waals surface area contributed by atoms with E-state index in [9.17, 15) is 9.90 Å². The zero-order valence-electron chi connectivity index (χ0n) is 10.9. The molecule has 0 unspecified atom stereocenters. The molecule has 0 spiro atoms. The van der Waals surface area contributed by atoms with Gasteiger partial charge in [-0.2, -0.15) is 0 Å². The van der Waals surface area contributed by atoms with Crippen LogP contribution in [0.3, 0.4) is 0 Å². The fraction of sp³-hybridized carbons (Fsp3) is 0.533. The lowest BCUT2D eigenvalue weighted by molar-refractivity contribution is 0.0694. The van der Waals surface area contributed by atoms with Crippen LogP contribution in [0, 0.1) is 0 Å². The van der Waals surface area contributed by atoms with Crippen LogP contribution in [-0.4, -0.2) is 28.6 Å². The van der Waals surface area contributed by atoms with Crippen molar-refractivity contribution >= 4 is 5.97 Å². The molecule has 3 heteroatoms. The molecule has 98 valence electrons. The highest BCUT2D eigenvalue weighted by Crippen LogP contribution is 2.29. The van der Waals surface area contributed by atoms with Gasteiger partial charge in [0.05, 0.1) is 5.56 Å². The molecule has 0 atom stereocenters. The normalized spacial score (nSPS) is 15.0. The van der Waals surface area contributed by atoms with Gasteiger partial charge < -0.3 is 5.11 Å². The van der Waals surface area contributed by atoms with Crippen molar-refractivity contribution in [3.63, 3.8) is 0 Å². The van der Waals surface area contributed by atoms with Gasteiger partial charge in [-0.05, 0) is 37.4 Å². The molecule has 0 aromatic heterocycles.